The van der Waals surface area contributed by atoms with Crippen molar-refractivity contribution in [1.82, 2.24) is 5.32 Å². The van der Waals surface area contributed by atoms with Crippen LogP contribution >= 0.6 is 12.2 Å². The molecule has 0 aliphatic heterocycles. The van der Waals surface area contributed by atoms with E-state index in [0.29, 0.717) is 11.2 Å². The van der Waals surface area contributed by atoms with E-state index in [1.807, 2.05) is 24.3 Å². The third-order valence-corrected chi connectivity index (χ3v) is 5.56. The van der Waals surface area contributed by atoms with Gasteiger partial charge in [0.15, 0.2) is 10.9 Å². The highest BCUT2D eigenvalue weighted by molar-refractivity contribution is 7.80. The summed E-state index contributed by atoms with van der Waals surface area (Å²) in [7, 11) is 0. The number of Topliss-reactive ketones (excluding diaryl/α,β-unsaturated/α-hetero) is 1. The maximum absolute atomic E-state index is 11.3. The monoisotopic (exact) mass is 316 g/mol. The van der Waals surface area contributed by atoms with E-state index in [-0.39, 0.29) is 5.78 Å². The molecule has 4 atom stereocenters. The van der Waals surface area contributed by atoms with Gasteiger partial charge in [-0.25, -0.2) is 0 Å². The molecule has 4 heteroatoms. The summed E-state index contributed by atoms with van der Waals surface area (Å²) in [5, 5.41) is 7.33. The Morgan fingerprint density at radius 1 is 1.23 bits per heavy atom. The minimum absolute atomic E-state index is 0.0807. The number of ketones is 1. The molecule has 0 heterocycles. The second-order valence-corrected chi connectivity index (χ2v) is 7.27. The number of anilines is 1. The van der Waals surface area contributed by atoms with E-state index in [4.69, 9.17) is 12.2 Å². The zero-order chi connectivity index (χ0) is 15.7. The summed E-state index contributed by atoms with van der Waals surface area (Å²) >= 11 is 5.43. The van der Waals surface area contributed by atoms with Crippen LogP contribution in [0.5, 0.6) is 0 Å². The lowest BCUT2D eigenvalue weighted by Gasteiger charge is -2.29. The second-order valence-electron chi connectivity index (χ2n) is 6.86. The molecule has 0 radical (unpaired) electrons. The highest BCUT2D eigenvalue weighted by atomic mass is 32.1. The quantitative estimate of drug-likeness (QED) is 0.651. The van der Waals surface area contributed by atoms with E-state index < -0.39 is 0 Å². The van der Waals surface area contributed by atoms with Crippen molar-refractivity contribution in [2.24, 2.45) is 17.8 Å². The summed E-state index contributed by atoms with van der Waals surface area (Å²) in [6.07, 6.45) is 5.60. The Morgan fingerprint density at radius 2 is 1.95 bits per heavy atom. The first kappa shape index (κ1) is 15.5. The minimum atomic E-state index is 0.0807. The fourth-order valence-corrected chi connectivity index (χ4v) is 4.48. The molecule has 2 N–H and O–H groups in total. The van der Waals surface area contributed by atoms with Gasteiger partial charge in [-0.3, -0.25) is 4.79 Å². The van der Waals surface area contributed by atoms with Crippen molar-refractivity contribution in [3.05, 3.63) is 29.8 Å². The number of hydrogen-bond acceptors (Lipinski definition) is 2. The van der Waals surface area contributed by atoms with Crippen LogP contribution in [0.3, 0.4) is 0 Å². The van der Waals surface area contributed by atoms with Crippen LogP contribution in [0.1, 0.15) is 49.9 Å². The van der Waals surface area contributed by atoms with Crippen LogP contribution in [0.4, 0.5) is 5.69 Å². The van der Waals surface area contributed by atoms with Crippen LogP contribution in [0.2, 0.25) is 0 Å². The van der Waals surface area contributed by atoms with Gasteiger partial charge in [0, 0.05) is 17.3 Å². The number of carbonyl (C=O) groups excluding carboxylic acids is 1. The summed E-state index contributed by atoms with van der Waals surface area (Å²) in [6, 6.07) is 7.87. The maximum atomic E-state index is 11.3. The summed E-state index contributed by atoms with van der Waals surface area (Å²) in [4.78, 5) is 11.3. The lowest BCUT2D eigenvalue weighted by Crippen LogP contribution is -2.42. The first-order chi connectivity index (χ1) is 10.5. The lowest BCUT2D eigenvalue weighted by atomic mass is 9.84. The molecule has 22 heavy (non-hydrogen) atoms. The highest BCUT2D eigenvalue weighted by Crippen LogP contribution is 2.49. The molecule has 1 aromatic carbocycles. The first-order valence-electron chi connectivity index (χ1n) is 8.21. The standard InChI is InChI=1S/C18H24N2OS/c1-11(17-10-13-3-4-15(17)9-13)19-18(22)20-16-7-5-14(6-8-16)12(2)21/h5-8,11,13,15,17H,3-4,9-10H2,1-2H3,(H2,19,20,22). The van der Waals surface area contributed by atoms with Crippen molar-refractivity contribution < 1.29 is 4.79 Å². The normalized spacial score (nSPS) is 27.5. The third-order valence-electron chi connectivity index (χ3n) is 5.34. The molecule has 3 nitrogen and oxygen atoms in total. The Kier molecular flexibility index (Phi) is 4.48. The van der Waals surface area contributed by atoms with Gasteiger partial charge in [0.1, 0.15) is 0 Å². The number of fused-ring (bicyclic) bond motifs is 2. The Balaban J connectivity index is 1.52. The van der Waals surface area contributed by atoms with Crippen molar-refractivity contribution in [2.75, 3.05) is 5.32 Å². The van der Waals surface area contributed by atoms with Gasteiger partial charge in [-0.1, -0.05) is 6.42 Å². The highest BCUT2D eigenvalue weighted by Gasteiger charge is 2.41. The molecule has 4 unspecified atom stereocenters. The SMILES string of the molecule is CC(=O)c1ccc(NC(=S)NC(C)C2CC3CCC2C3)cc1. The molecule has 2 aliphatic carbocycles. The summed E-state index contributed by atoms with van der Waals surface area (Å²) in [6.45, 7) is 3.82. The van der Waals surface area contributed by atoms with E-state index in [9.17, 15) is 4.79 Å². The van der Waals surface area contributed by atoms with E-state index >= 15 is 0 Å². The third kappa shape index (κ3) is 3.32. The maximum Gasteiger partial charge on any atom is 0.170 e. The summed E-state index contributed by atoms with van der Waals surface area (Å²) < 4.78 is 0. The van der Waals surface area contributed by atoms with E-state index in [1.165, 1.54) is 25.7 Å². The molecule has 118 valence electrons. The van der Waals surface area contributed by atoms with Crippen LogP contribution in [-0.4, -0.2) is 16.9 Å². The van der Waals surface area contributed by atoms with Crippen molar-refractivity contribution >= 4 is 28.8 Å². The largest absolute Gasteiger partial charge is 0.360 e. The molecule has 2 saturated carbocycles. The molecule has 3 rings (SSSR count). The van der Waals surface area contributed by atoms with Crippen molar-refractivity contribution in [1.29, 1.82) is 0 Å². The second kappa shape index (κ2) is 6.37. The number of hydrogen-bond donors (Lipinski definition) is 2. The lowest BCUT2D eigenvalue weighted by molar-refractivity contribution is 0.101. The predicted octanol–water partition coefficient (Wildman–Crippen LogP) is 4.00. The van der Waals surface area contributed by atoms with Crippen LogP contribution in [0.25, 0.3) is 0 Å². The number of benzene rings is 1. The van der Waals surface area contributed by atoms with Crippen LogP contribution in [0, 0.1) is 17.8 Å². The summed E-state index contributed by atoms with van der Waals surface area (Å²) in [5.74, 6) is 2.70. The van der Waals surface area contributed by atoms with Crippen LogP contribution in [0.15, 0.2) is 24.3 Å². The minimum Gasteiger partial charge on any atom is -0.360 e. The van der Waals surface area contributed by atoms with E-state index in [0.717, 1.165) is 29.0 Å². The Morgan fingerprint density at radius 3 is 2.50 bits per heavy atom. The fourth-order valence-electron chi connectivity index (χ4n) is 4.18. The Labute approximate surface area is 137 Å². The molecule has 2 fully saturated rings. The van der Waals surface area contributed by atoms with Crippen molar-refractivity contribution in [2.45, 2.75) is 45.6 Å². The van der Waals surface area contributed by atoms with Crippen molar-refractivity contribution in [3.8, 4) is 0 Å². The molecule has 1 aromatic rings. The molecule has 0 saturated heterocycles. The van der Waals surface area contributed by atoms with E-state index in [2.05, 4.69) is 17.6 Å². The Hall–Kier alpha value is -1.42. The van der Waals surface area contributed by atoms with Crippen LogP contribution < -0.4 is 10.6 Å². The average Bonchev–Trinajstić information content (AvgIpc) is 3.10. The fraction of sp³-hybridized carbons (Fsp3) is 0.556. The van der Waals surface area contributed by atoms with Gasteiger partial charge in [0.25, 0.3) is 0 Å². The molecular formula is C18H24N2OS. The number of nitrogens with one attached hydrogen (secondary N) is 2. The molecule has 0 aromatic heterocycles. The van der Waals surface area contributed by atoms with E-state index in [1.54, 1.807) is 6.92 Å². The zero-order valence-electron chi connectivity index (χ0n) is 13.3. The van der Waals surface area contributed by atoms with Gasteiger partial charge in [-0.15, -0.1) is 0 Å². The van der Waals surface area contributed by atoms with Crippen LogP contribution in [-0.2, 0) is 0 Å². The molecular weight excluding hydrogens is 292 g/mol. The molecule has 0 spiro atoms. The van der Waals surface area contributed by atoms with Crippen molar-refractivity contribution in [3.63, 3.8) is 0 Å². The van der Waals surface area contributed by atoms with Gasteiger partial charge in [0.05, 0.1) is 0 Å². The average molecular weight is 316 g/mol. The van der Waals surface area contributed by atoms with Gasteiger partial charge >= 0.3 is 0 Å². The molecule has 2 bridgehead atoms. The molecule has 0 amide bonds. The number of thiocarbonyl (C=S) groups is 1. The number of carbonyl (C=O) groups is 1. The zero-order valence-corrected chi connectivity index (χ0v) is 14.1. The number of rotatable bonds is 4. The molecule has 2 aliphatic rings. The Bertz CT molecular complexity index is 569. The van der Waals surface area contributed by atoms with Gasteiger partial charge in [-0.05, 0) is 87.3 Å². The first-order valence-corrected chi connectivity index (χ1v) is 8.62. The van der Waals surface area contributed by atoms with Gasteiger partial charge in [-0.2, -0.15) is 0 Å². The van der Waals surface area contributed by atoms with Gasteiger partial charge < -0.3 is 10.6 Å². The summed E-state index contributed by atoms with van der Waals surface area (Å²) in [5.41, 5.74) is 1.64. The van der Waals surface area contributed by atoms with Gasteiger partial charge in [0.2, 0.25) is 0 Å². The topological polar surface area (TPSA) is 41.1 Å². The smallest absolute Gasteiger partial charge is 0.170 e. The predicted molar refractivity (Wildman–Crippen MR) is 94.2 cm³/mol.